The van der Waals surface area contributed by atoms with E-state index in [4.69, 9.17) is 9.47 Å². The summed E-state index contributed by atoms with van der Waals surface area (Å²) < 4.78 is 38.9. The molecule has 2 rings (SSSR count). The van der Waals surface area contributed by atoms with Crippen LogP contribution in [0.5, 0.6) is 11.5 Å². The summed E-state index contributed by atoms with van der Waals surface area (Å²) in [5.41, 5.74) is 2.08. The summed E-state index contributed by atoms with van der Waals surface area (Å²) >= 11 is 0. The molecule has 2 aromatic carbocycles. The van der Waals surface area contributed by atoms with Gasteiger partial charge >= 0.3 is 0 Å². The Morgan fingerprint density at radius 3 is 2.07 bits per heavy atom. The van der Waals surface area contributed by atoms with Crippen LogP contribution >= 0.6 is 0 Å². The molecule has 0 aliphatic rings. The highest BCUT2D eigenvalue weighted by Gasteiger charge is 2.17. The summed E-state index contributed by atoms with van der Waals surface area (Å²) in [5, 5.41) is 0. The molecule has 0 unspecified atom stereocenters. The minimum Gasteiger partial charge on any atom is -0.490 e. The van der Waals surface area contributed by atoms with E-state index >= 15 is 0 Å². The van der Waals surface area contributed by atoms with Gasteiger partial charge in [-0.25, -0.2) is 13.1 Å². The molecular weight excluding hydrogens is 364 g/mol. The van der Waals surface area contributed by atoms with Crippen LogP contribution in [0.3, 0.4) is 0 Å². The summed E-state index contributed by atoms with van der Waals surface area (Å²) in [4.78, 5) is 2.23. The molecule has 0 aliphatic heterocycles. The van der Waals surface area contributed by atoms with Gasteiger partial charge in [-0.15, -0.1) is 0 Å². The monoisotopic (exact) mass is 392 g/mol. The molecule has 0 spiro atoms. The van der Waals surface area contributed by atoms with E-state index in [0.717, 1.165) is 12.1 Å². The van der Waals surface area contributed by atoms with Gasteiger partial charge in [-0.05, 0) is 51.2 Å². The number of hydrogen-bond donors (Lipinski definition) is 1. The van der Waals surface area contributed by atoms with E-state index in [0.29, 0.717) is 24.7 Å². The Bertz CT molecular complexity index is 834. The summed E-state index contributed by atoms with van der Waals surface area (Å²) in [6.07, 6.45) is 0. The van der Waals surface area contributed by atoms with Crippen molar-refractivity contribution in [2.24, 2.45) is 0 Å². The van der Waals surface area contributed by atoms with Crippen molar-refractivity contribution in [3.05, 3.63) is 53.6 Å². The lowest BCUT2D eigenvalue weighted by Crippen LogP contribution is -2.23. The molecule has 1 N–H and O–H groups in total. The zero-order valence-electron chi connectivity index (χ0n) is 16.4. The van der Waals surface area contributed by atoms with E-state index in [2.05, 4.69) is 9.62 Å². The van der Waals surface area contributed by atoms with Crippen molar-refractivity contribution in [2.45, 2.75) is 31.8 Å². The van der Waals surface area contributed by atoms with Gasteiger partial charge in [0.1, 0.15) is 0 Å². The molecule has 0 aliphatic carbocycles. The van der Waals surface area contributed by atoms with Crippen LogP contribution in [0.25, 0.3) is 0 Å². The number of nitrogens with one attached hydrogen (secondary N) is 1. The van der Waals surface area contributed by atoms with Gasteiger partial charge in [0.2, 0.25) is 10.0 Å². The van der Waals surface area contributed by atoms with Gasteiger partial charge in [0.05, 0.1) is 18.1 Å². The minimum atomic E-state index is -3.65. The molecule has 0 saturated heterocycles. The first-order valence-corrected chi connectivity index (χ1v) is 10.5. The maximum Gasteiger partial charge on any atom is 0.241 e. The van der Waals surface area contributed by atoms with E-state index in [1.807, 2.05) is 52.2 Å². The standard InChI is InChI=1S/C20H28N2O4S/c1-5-25-19-12-11-18(13-20(19)26-6-2)27(23,24)21-14-16-7-9-17(10-8-16)15-22(3)4/h7-13,21H,5-6,14-15H2,1-4H3. The number of benzene rings is 2. The van der Waals surface area contributed by atoms with Gasteiger partial charge in [-0.2, -0.15) is 0 Å². The normalized spacial score (nSPS) is 11.6. The second-order valence-corrected chi connectivity index (χ2v) is 8.12. The van der Waals surface area contributed by atoms with E-state index in [1.165, 1.54) is 17.7 Å². The summed E-state index contributed by atoms with van der Waals surface area (Å²) in [7, 11) is 0.365. The second kappa shape index (κ2) is 9.73. The maximum atomic E-state index is 12.6. The molecule has 7 heteroatoms. The van der Waals surface area contributed by atoms with Crippen LogP contribution in [-0.2, 0) is 23.1 Å². The predicted octanol–water partition coefficient (Wildman–Crippen LogP) is 3.02. The van der Waals surface area contributed by atoms with Crippen molar-refractivity contribution in [3.8, 4) is 11.5 Å². The topological polar surface area (TPSA) is 67.9 Å². The third-order valence-electron chi connectivity index (χ3n) is 3.81. The highest BCUT2D eigenvalue weighted by molar-refractivity contribution is 7.89. The van der Waals surface area contributed by atoms with Crippen molar-refractivity contribution < 1.29 is 17.9 Å². The number of nitrogens with zero attached hydrogens (tertiary/aromatic N) is 1. The fraction of sp³-hybridized carbons (Fsp3) is 0.400. The van der Waals surface area contributed by atoms with E-state index in [-0.39, 0.29) is 11.4 Å². The number of rotatable bonds is 10. The van der Waals surface area contributed by atoms with Crippen LogP contribution in [0, 0.1) is 0 Å². The zero-order chi connectivity index (χ0) is 19.9. The SMILES string of the molecule is CCOc1ccc(S(=O)(=O)NCc2ccc(CN(C)C)cc2)cc1OCC. The van der Waals surface area contributed by atoms with Gasteiger partial charge in [-0.1, -0.05) is 24.3 Å². The molecule has 0 saturated carbocycles. The van der Waals surface area contributed by atoms with Gasteiger partial charge in [0.25, 0.3) is 0 Å². The van der Waals surface area contributed by atoms with E-state index in [9.17, 15) is 8.42 Å². The van der Waals surface area contributed by atoms with Crippen LogP contribution < -0.4 is 14.2 Å². The van der Waals surface area contributed by atoms with Crippen LogP contribution in [-0.4, -0.2) is 40.6 Å². The third kappa shape index (κ3) is 6.23. The predicted molar refractivity (Wildman–Crippen MR) is 107 cm³/mol. The van der Waals surface area contributed by atoms with Crippen molar-refractivity contribution in [2.75, 3.05) is 27.3 Å². The largest absolute Gasteiger partial charge is 0.490 e. The quantitative estimate of drug-likeness (QED) is 0.673. The lowest BCUT2D eigenvalue weighted by Gasteiger charge is -2.13. The molecule has 0 heterocycles. The minimum absolute atomic E-state index is 0.152. The fourth-order valence-corrected chi connectivity index (χ4v) is 3.62. The number of sulfonamides is 1. The van der Waals surface area contributed by atoms with Crippen LogP contribution in [0.4, 0.5) is 0 Å². The Balaban J connectivity index is 2.10. The second-order valence-electron chi connectivity index (χ2n) is 6.35. The van der Waals surface area contributed by atoms with Crippen molar-refractivity contribution in [3.63, 3.8) is 0 Å². The molecule has 2 aromatic rings. The molecule has 6 nitrogen and oxygen atoms in total. The van der Waals surface area contributed by atoms with E-state index in [1.54, 1.807) is 6.07 Å². The Labute approximate surface area is 162 Å². The first-order valence-electron chi connectivity index (χ1n) is 8.97. The molecule has 0 amide bonds. The summed E-state index contributed by atoms with van der Waals surface area (Å²) in [6, 6.07) is 12.5. The first-order chi connectivity index (χ1) is 12.9. The smallest absolute Gasteiger partial charge is 0.241 e. The Hall–Kier alpha value is -2.09. The van der Waals surface area contributed by atoms with Crippen LogP contribution in [0.1, 0.15) is 25.0 Å². The molecule has 0 bridgehead atoms. The number of hydrogen-bond acceptors (Lipinski definition) is 5. The summed E-state index contributed by atoms with van der Waals surface area (Å²) in [6.45, 7) is 5.69. The maximum absolute atomic E-state index is 12.6. The Morgan fingerprint density at radius 2 is 1.48 bits per heavy atom. The molecule has 0 aromatic heterocycles. The lowest BCUT2D eigenvalue weighted by atomic mass is 10.1. The third-order valence-corrected chi connectivity index (χ3v) is 5.21. The zero-order valence-corrected chi connectivity index (χ0v) is 17.2. The average molecular weight is 393 g/mol. The molecule has 0 radical (unpaired) electrons. The van der Waals surface area contributed by atoms with Crippen molar-refractivity contribution >= 4 is 10.0 Å². The Morgan fingerprint density at radius 1 is 0.889 bits per heavy atom. The van der Waals surface area contributed by atoms with Gasteiger partial charge in [0.15, 0.2) is 11.5 Å². The highest BCUT2D eigenvalue weighted by atomic mass is 32.2. The first kappa shape index (κ1) is 21.2. The lowest BCUT2D eigenvalue weighted by molar-refractivity contribution is 0.287. The molecule has 0 fully saturated rings. The van der Waals surface area contributed by atoms with Crippen molar-refractivity contribution in [1.82, 2.24) is 9.62 Å². The average Bonchev–Trinajstić information content (AvgIpc) is 2.62. The van der Waals surface area contributed by atoms with E-state index < -0.39 is 10.0 Å². The molecule has 0 atom stereocenters. The summed E-state index contributed by atoms with van der Waals surface area (Å²) in [5.74, 6) is 0.963. The van der Waals surface area contributed by atoms with Crippen molar-refractivity contribution in [1.29, 1.82) is 0 Å². The van der Waals surface area contributed by atoms with Gasteiger partial charge < -0.3 is 14.4 Å². The van der Waals surface area contributed by atoms with Gasteiger partial charge in [-0.3, -0.25) is 0 Å². The molecule has 148 valence electrons. The van der Waals surface area contributed by atoms with Crippen LogP contribution in [0.15, 0.2) is 47.4 Å². The van der Waals surface area contributed by atoms with Crippen LogP contribution in [0.2, 0.25) is 0 Å². The number of ether oxygens (including phenoxy) is 2. The molecular formula is C20H28N2O4S. The fourth-order valence-electron chi connectivity index (χ4n) is 2.59. The molecule has 27 heavy (non-hydrogen) atoms. The van der Waals surface area contributed by atoms with Gasteiger partial charge in [0, 0.05) is 19.2 Å². The Kier molecular flexibility index (Phi) is 7.65. The highest BCUT2D eigenvalue weighted by Crippen LogP contribution is 2.30.